The van der Waals surface area contributed by atoms with E-state index in [0.717, 1.165) is 22.8 Å². The molecule has 1 saturated heterocycles. The van der Waals surface area contributed by atoms with Crippen molar-refractivity contribution < 1.29 is 13.2 Å². The number of amides is 1. The molecule has 2 aromatic rings. The zero-order valence-electron chi connectivity index (χ0n) is 12.6. The quantitative estimate of drug-likeness (QED) is 0.851. The molecule has 1 fully saturated rings. The monoisotopic (exact) mass is 402 g/mol. The highest BCUT2D eigenvalue weighted by Crippen LogP contribution is 2.28. The van der Waals surface area contributed by atoms with Crippen molar-refractivity contribution in [2.75, 3.05) is 29.9 Å². The van der Waals surface area contributed by atoms with Crippen LogP contribution in [0.2, 0.25) is 5.02 Å². The number of nitrogens with zero attached hydrogens (tertiary/aromatic N) is 1. The maximum atomic E-state index is 12.8. The number of carbonyl (C=O) groups excluding carboxylic acids is 1. The van der Waals surface area contributed by atoms with Gasteiger partial charge >= 0.3 is 0 Å². The Morgan fingerprint density at radius 2 is 1.96 bits per heavy atom. The first kappa shape index (κ1) is 17.8. The van der Waals surface area contributed by atoms with E-state index in [0.29, 0.717) is 23.8 Å². The molecule has 1 aliphatic rings. The number of sulfonamides is 1. The number of halogens is 1. The minimum atomic E-state index is -3.65. The molecule has 0 atom stereocenters. The Balaban J connectivity index is 1.85. The highest BCUT2D eigenvalue weighted by Gasteiger charge is 2.31. The number of carbonyl (C=O) groups is 1. The SMILES string of the molecule is O=C(Nc1cccc(Cl)c1)c1sccc1S(=O)(=O)N1CCSCC1. The number of thioether (sulfide) groups is 1. The van der Waals surface area contributed by atoms with E-state index in [1.165, 1.54) is 10.4 Å². The lowest BCUT2D eigenvalue weighted by molar-refractivity contribution is 0.102. The third-order valence-corrected chi connectivity index (χ3v) is 7.67. The van der Waals surface area contributed by atoms with Crippen molar-refractivity contribution in [2.24, 2.45) is 0 Å². The highest BCUT2D eigenvalue weighted by molar-refractivity contribution is 7.99. The first-order chi connectivity index (χ1) is 11.5. The number of thiophene rings is 1. The molecule has 1 aliphatic heterocycles. The minimum Gasteiger partial charge on any atom is -0.321 e. The van der Waals surface area contributed by atoms with E-state index in [2.05, 4.69) is 5.32 Å². The van der Waals surface area contributed by atoms with Crippen LogP contribution in [0, 0.1) is 0 Å². The minimum absolute atomic E-state index is 0.0685. The van der Waals surface area contributed by atoms with Gasteiger partial charge in [-0.25, -0.2) is 8.42 Å². The molecular formula is C15H15ClN2O3S3. The van der Waals surface area contributed by atoms with Crippen LogP contribution in [0.4, 0.5) is 5.69 Å². The number of anilines is 1. The first-order valence-corrected chi connectivity index (χ1v) is 11.1. The molecule has 9 heteroatoms. The van der Waals surface area contributed by atoms with Crippen LogP contribution >= 0.6 is 34.7 Å². The molecule has 1 aromatic heterocycles. The van der Waals surface area contributed by atoms with Crippen molar-refractivity contribution in [3.63, 3.8) is 0 Å². The summed E-state index contributed by atoms with van der Waals surface area (Å²) in [5.74, 6) is 1.10. The molecule has 24 heavy (non-hydrogen) atoms. The summed E-state index contributed by atoms with van der Waals surface area (Å²) in [6, 6.07) is 8.23. The lowest BCUT2D eigenvalue weighted by Gasteiger charge is -2.25. The van der Waals surface area contributed by atoms with Gasteiger partial charge in [-0.15, -0.1) is 11.3 Å². The lowest BCUT2D eigenvalue weighted by atomic mass is 10.3. The maximum absolute atomic E-state index is 12.8. The zero-order valence-corrected chi connectivity index (χ0v) is 15.8. The van der Waals surface area contributed by atoms with Gasteiger partial charge in [-0.05, 0) is 29.6 Å². The number of nitrogens with one attached hydrogen (secondary N) is 1. The second-order valence-corrected chi connectivity index (χ2v) is 9.58. The van der Waals surface area contributed by atoms with E-state index in [4.69, 9.17) is 11.6 Å². The fourth-order valence-electron chi connectivity index (χ4n) is 2.35. The predicted molar refractivity (Wildman–Crippen MR) is 99.8 cm³/mol. The van der Waals surface area contributed by atoms with Crippen molar-refractivity contribution in [1.82, 2.24) is 4.31 Å². The molecule has 0 aliphatic carbocycles. The predicted octanol–water partition coefficient (Wildman–Crippen LogP) is 3.39. The van der Waals surface area contributed by atoms with E-state index in [1.54, 1.807) is 41.4 Å². The standard InChI is InChI=1S/C15H15ClN2O3S3/c16-11-2-1-3-12(10-11)17-15(19)14-13(4-7-23-14)24(20,21)18-5-8-22-9-6-18/h1-4,7,10H,5-6,8-9H2,(H,17,19). The van der Waals surface area contributed by atoms with Crippen LogP contribution in [-0.2, 0) is 10.0 Å². The van der Waals surface area contributed by atoms with Crippen molar-refractivity contribution in [1.29, 1.82) is 0 Å². The molecule has 1 amide bonds. The number of rotatable bonds is 4. The molecular weight excluding hydrogens is 388 g/mol. The average Bonchev–Trinajstić information content (AvgIpc) is 3.06. The van der Waals surface area contributed by atoms with Gasteiger partial charge in [0.2, 0.25) is 10.0 Å². The average molecular weight is 403 g/mol. The second-order valence-electron chi connectivity index (χ2n) is 5.09. The molecule has 3 rings (SSSR count). The van der Waals surface area contributed by atoms with Gasteiger partial charge in [0.1, 0.15) is 9.77 Å². The fraction of sp³-hybridized carbons (Fsp3) is 0.267. The van der Waals surface area contributed by atoms with Crippen LogP contribution in [0.5, 0.6) is 0 Å². The van der Waals surface area contributed by atoms with E-state index in [1.807, 2.05) is 0 Å². The Morgan fingerprint density at radius 3 is 2.67 bits per heavy atom. The summed E-state index contributed by atoms with van der Waals surface area (Å²) in [5, 5.41) is 4.82. The fourth-order valence-corrected chi connectivity index (χ4v) is 6.41. The smallest absolute Gasteiger partial charge is 0.267 e. The van der Waals surface area contributed by atoms with Crippen LogP contribution in [-0.4, -0.2) is 43.2 Å². The third kappa shape index (κ3) is 3.78. The highest BCUT2D eigenvalue weighted by atomic mass is 35.5. The summed E-state index contributed by atoms with van der Waals surface area (Å²) in [6.07, 6.45) is 0. The topological polar surface area (TPSA) is 66.5 Å². The van der Waals surface area contributed by atoms with Crippen molar-refractivity contribution in [3.05, 3.63) is 45.6 Å². The molecule has 0 radical (unpaired) electrons. The molecule has 5 nitrogen and oxygen atoms in total. The largest absolute Gasteiger partial charge is 0.321 e. The van der Waals surface area contributed by atoms with Gasteiger partial charge in [-0.2, -0.15) is 16.1 Å². The van der Waals surface area contributed by atoms with Gasteiger partial charge in [-0.3, -0.25) is 4.79 Å². The molecule has 2 heterocycles. The van der Waals surface area contributed by atoms with Gasteiger partial charge in [0.15, 0.2) is 0 Å². The Labute approximate surface area is 154 Å². The van der Waals surface area contributed by atoms with Gasteiger partial charge in [0, 0.05) is 35.3 Å². The molecule has 128 valence electrons. The van der Waals surface area contributed by atoms with Gasteiger partial charge in [0.25, 0.3) is 5.91 Å². The van der Waals surface area contributed by atoms with E-state index in [9.17, 15) is 13.2 Å². The van der Waals surface area contributed by atoms with E-state index < -0.39 is 15.9 Å². The Kier molecular flexibility index (Phi) is 5.51. The summed E-state index contributed by atoms with van der Waals surface area (Å²) in [7, 11) is -3.65. The maximum Gasteiger partial charge on any atom is 0.267 e. The van der Waals surface area contributed by atoms with Crippen LogP contribution in [0.1, 0.15) is 9.67 Å². The van der Waals surface area contributed by atoms with Gasteiger partial charge in [-0.1, -0.05) is 17.7 Å². The summed E-state index contributed by atoms with van der Waals surface area (Å²) >= 11 is 8.75. The zero-order chi connectivity index (χ0) is 17.2. The number of benzene rings is 1. The van der Waals surface area contributed by atoms with Crippen LogP contribution in [0.25, 0.3) is 0 Å². The lowest BCUT2D eigenvalue weighted by Crippen LogP contribution is -2.38. The molecule has 0 unspecified atom stereocenters. The van der Waals surface area contributed by atoms with E-state index in [-0.39, 0.29) is 9.77 Å². The Bertz CT molecular complexity index is 845. The van der Waals surface area contributed by atoms with Crippen molar-refractivity contribution >= 4 is 56.3 Å². The third-order valence-electron chi connectivity index (χ3n) is 3.51. The van der Waals surface area contributed by atoms with Crippen molar-refractivity contribution in [3.8, 4) is 0 Å². The van der Waals surface area contributed by atoms with E-state index >= 15 is 0 Å². The number of hydrogen-bond acceptors (Lipinski definition) is 5. The Hall–Kier alpha value is -1.06. The van der Waals surface area contributed by atoms with Gasteiger partial charge < -0.3 is 5.32 Å². The van der Waals surface area contributed by atoms with Gasteiger partial charge in [0.05, 0.1) is 0 Å². The molecule has 1 N–H and O–H groups in total. The summed E-state index contributed by atoms with van der Waals surface area (Å²) in [4.78, 5) is 12.8. The molecule has 0 bridgehead atoms. The van der Waals surface area contributed by atoms with Crippen molar-refractivity contribution in [2.45, 2.75) is 4.90 Å². The summed E-state index contributed by atoms with van der Waals surface area (Å²) < 4.78 is 27.1. The normalized spacial score (nSPS) is 16.0. The summed E-state index contributed by atoms with van der Waals surface area (Å²) in [5.41, 5.74) is 0.527. The Morgan fingerprint density at radius 1 is 1.21 bits per heavy atom. The van der Waals surface area contributed by atoms with Crippen LogP contribution in [0.15, 0.2) is 40.6 Å². The molecule has 0 spiro atoms. The van der Waals surface area contributed by atoms with Crippen LogP contribution < -0.4 is 5.32 Å². The van der Waals surface area contributed by atoms with Crippen LogP contribution in [0.3, 0.4) is 0 Å². The number of hydrogen-bond donors (Lipinski definition) is 1. The molecule has 0 saturated carbocycles. The second kappa shape index (κ2) is 7.45. The first-order valence-electron chi connectivity index (χ1n) is 7.21. The molecule has 1 aromatic carbocycles. The summed E-state index contributed by atoms with van der Waals surface area (Å²) in [6.45, 7) is 0.941.